The van der Waals surface area contributed by atoms with Crippen molar-refractivity contribution >= 4 is 63.3 Å². The summed E-state index contributed by atoms with van der Waals surface area (Å²) in [6, 6.07) is 10.4. The van der Waals surface area contributed by atoms with Crippen LogP contribution in [-0.4, -0.2) is 23.6 Å². The zero-order valence-corrected chi connectivity index (χ0v) is 18.0. The van der Waals surface area contributed by atoms with Crippen LogP contribution in [0.1, 0.15) is 18.2 Å². The molecule has 8 heteroatoms. The molecule has 3 aromatic rings. The molecule has 4 nitrogen and oxygen atoms in total. The molecule has 0 saturated heterocycles. The molecule has 148 valence electrons. The summed E-state index contributed by atoms with van der Waals surface area (Å²) in [5.41, 5.74) is 3.12. The van der Waals surface area contributed by atoms with Crippen molar-refractivity contribution in [2.75, 3.05) is 6.61 Å². The Labute approximate surface area is 183 Å². The first-order chi connectivity index (χ1) is 13.4. The van der Waals surface area contributed by atoms with Gasteiger partial charge in [0.1, 0.15) is 6.04 Å². The molecule has 2 heterocycles. The minimum atomic E-state index is -0.309. The van der Waals surface area contributed by atoms with Crippen molar-refractivity contribution in [3.05, 3.63) is 67.7 Å². The van der Waals surface area contributed by atoms with Gasteiger partial charge >= 0.3 is 5.97 Å². The van der Waals surface area contributed by atoms with Crippen molar-refractivity contribution < 1.29 is 9.53 Å². The van der Waals surface area contributed by atoms with E-state index in [-0.39, 0.29) is 12.0 Å². The Morgan fingerprint density at radius 1 is 1.11 bits per heavy atom. The van der Waals surface area contributed by atoms with Crippen LogP contribution in [-0.2, 0) is 22.5 Å². The van der Waals surface area contributed by atoms with Crippen molar-refractivity contribution in [1.29, 1.82) is 0 Å². The number of nitrogens with one attached hydrogen (secondary N) is 2. The summed E-state index contributed by atoms with van der Waals surface area (Å²) in [5.74, 6) is -0.215. The van der Waals surface area contributed by atoms with E-state index in [4.69, 9.17) is 51.1 Å². The lowest BCUT2D eigenvalue weighted by Gasteiger charge is -2.22. The van der Waals surface area contributed by atoms with Crippen molar-refractivity contribution in [3.8, 4) is 0 Å². The van der Waals surface area contributed by atoms with Gasteiger partial charge in [0.05, 0.1) is 16.7 Å². The first-order valence-corrected chi connectivity index (χ1v) is 10.2. The molecule has 28 heavy (non-hydrogen) atoms. The predicted octanol–water partition coefficient (Wildman–Crippen LogP) is 6.05. The summed E-state index contributed by atoms with van der Waals surface area (Å²) in [6.07, 6.45) is 0.589. The summed E-state index contributed by atoms with van der Waals surface area (Å²) in [5, 5.41) is 6.60. The summed E-state index contributed by atoms with van der Waals surface area (Å²) in [4.78, 5) is 15.2. The third-order valence-electron chi connectivity index (χ3n) is 4.33. The smallest absolute Gasteiger partial charge is 0.323 e. The maximum absolute atomic E-state index is 11.8. The lowest BCUT2D eigenvalue weighted by Crippen LogP contribution is -2.42. The van der Waals surface area contributed by atoms with E-state index >= 15 is 0 Å². The number of hydrogen-bond donors (Lipinski definition) is 2. The highest BCUT2D eigenvalue weighted by atomic mass is 35.5. The van der Waals surface area contributed by atoms with Gasteiger partial charge in [-0.1, -0.05) is 52.5 Å². The molecule has 1 unspecified atom stereocenters. The maximum atomic E-state index is 11.8. The van der Waals surface area contributed by atoms with E-state index in [0.29, 0.717) is 39.7 Å². The molecule has 0 bridgehead atoms. The summed E-state index contributed by atoms with van der Waals surface area (Å²) >= 11 is 23.2. The third kappa shape index (κ3) is 4.94. The molecule has 0 radical (unpaired) electrons. The first-order valence-electron chi connectivity index (χ1n) is 8.68. The second-order valence-electron chi connectivity index (χ2n) is 6.22. The molecule has 1 aromatic heterocycles. The normalized spacial score (nSPS) is 15.5. The standard InChI is InChI=1S/C14H14Cl2N2O2.C6H4Cl2/c1-2-20-14(19)12-4-8-7-3-9(15)10(16)5-11(7)18-13(8)6-17-12;7-5-2-1-3-6(8)4-5/h3,5,12,17-18H,2,4,6H2,1H3;1-4H. The van der Waals surface area contributed by atoms with Crippen LogP contribution in [0.5, 0.6) is 0 Å². The summed E-state index contributed by atoms with van der Waals surface area (Å²) in [7, 11) is 0. The second kappa shape index (κ2) is 9.38. The summed E-state index contributed by atoms with van der Waals surface area (Å²) in [6.45, 7) is 2.79. The number of hydrogen-bond acceptors (Lipinski definition) is 3. The number of ether oxygens (including phenoxy) is 1. The number of aromatic amines is 1. The number of carbonyl (C=O) groups excluding carboxylic acids is 1. The van der Waals surface area contributed by atoms with Crippen LogP contribution in [0, 0.1) is 0 Å². The highest BCUT2D eigenvalue weighted by molar-refractivity contribution is 6.42. The Balaban J connectivity index is 0.000000236. The molecule has 0 saturated carbocycles. The lowest BCUT2D eigenvalue weighted by atomic mass is 9.98. The number of carbonyl (C=O) groups is 1. The fourth-order valence-corrected chi connectivity index (χ4v) is 3.82. The Hall–Kier alpha value is -1.43. The van der Waals surface area contributed by atoms with Crippen LogP contribution in [0.4, 0.5) is 0 Å². The Kier molecular flexibility index (Phi) is 7.13. The number of benzene rings is 2. The molecule has 4 rings (SSSR count). The Morgan fingerprint density at radius 3 is 2.39 bits per heavy atom. The molecule has 2 aromatic carbocycles. The third-order valence-corrected chi connectivity index (χ3v) is 5.52. The van der Waals surface area contributed by atoms with Crippen LogP contribution < -0.4 is 5.32 Å². The number of H-pyrrole nitrogens is 1. The van der Waals surface area contributed by atoms with Gasteiger partial charge in [0, 0.05) is 39.6 Å². The zero-order chi connectivity index (χ0) is 20.3. The number of esters is 1. The Bertz CT molecular complexity index is 986. The highest BCUT2D eigenvalue weighted by Gasteiger charge is 2.28. The average Bonchev–Trinajstić information content (AvgIpc) is 2.99. The van der Waals surface area contributed by atoms with E-state index in [1.165, 1.54) is 0 Å². The van der Waals surface area contributed by atoms with E-state index in [9.17, 15) is 4.79 Å². The van der Waals surface area contributed by atoms with Crippen LogP contribution in [0.25, 0.3) is 10.9 Å². The SMILES string of the molecule is CCOC(=O)C1Cc2c([nH]c3cc(Cl)c(Cl)cc23)CN1.Clc1cccc(Cl)c1. The summed E-state index contributed by atoms with van der Waals surface area (Å²) < 4.78 is 5.07. The van der Waals surface area contributed by atoms with E-state index in [1.807, 2.05) is 18.2 Å². The van der Waals surface area contributed by atoms with E-state index in [2.05, 4.69) is 10.3 Å². The molecular formula is C20H18Cl4N2O2. The number of fused-ring (bicyclic) bond motifs is 3. The zero-order valence-electron chi connectivity index (χ0n) is 15.0. The van der Waals surface area contributed by atoms with Gasteiger partial charge in [0.2, 0.25) is 0 Å². The molecular weight excluding hydrogens is 442 g/mol. The quantitative estimate of drug-likeness (QED) is 0.459. The van der Waals surface area contributed by atoms with E-state index in [0.717, 1.165) is 22.2 Å². The van der Waals surface area contributed by atoms with Gasteiger partial charge in [-0.3, -0.25) is 10.1 Å². The number of halogens is 4. The van der Waals surface area contributed by atoms with Crippen molar-refractivity contribution in [1.82, 2.24) is 10.3 Å². The maximum Gasteiger partial charge on any atom is 0.323 e. The van der Waals surface area contributed by atoms with Crippen molar-refractivity contribution in [3.63, 3.8) is 0 Å². The van der Waals surface area contributed by atoms with Crippen LogP contribution in [0.2, 0.25) is 20.1 Å². The van der Waals surface area contributed by atoms with Gasteiger partial charge < -0.3 is 9.72 Å². The lowest BCUT2D eigenvalue weighted by molar-refractivity contribution is -0.145. The molecule has 0 fully saturated rings. The monoisotopic (exact) mass is 458 g/mol. The minimum absolute atomic E-state index is 0.215. The fourth-order valence-electron chi connectivity index (χ4n) is 3.06. The van der Waals surface area contributed by atoms with Gasteiger partial charge in [-0.2, -0.15) is 0 Å². The fraction of sp³-hybridized carbons (Fsp3) is 0.250. The molecule has 0 aliphatic carbocycles. The van der Waals surface area contributed by atoms with Gasteiger partial charge in [0.15, 0.2) is 0 Å². The predicted molar refractivity (Wildman–Crippen MR) is 116 cm³/mol. The van der Waals surface area contributed by atoms with E-state index < -0.39 is 0 Å². The second-order valence-corrected chi connectivity index (χ2v) is 7.91. The minimum Gasteiger partial charge on any atom is -0.465 e. The molecule has 1 aliphatic rings. The number of rotatable bonds is 2. The van der Waals surface area contributed by atoms with Gasteiger partial charge in [-0.15, -0.1) is 0 Å². The van der Waals surface area contributed by atoms with Crippen LogP contribution >= 0.6 is 46.4 Å². The molecule has 1 atom stereocenters. The van der Waals surface area contributed by atoms with Gasteiger partial charge in [-0.05, 0) is 42.8 Å². The molecule has 0 spiro atoms. The highest BCUT2D eigenvalue weighted by Crippen LogP contribution is 2.33. The molecule has 2 N–H and O–H groups in total. The Morgan fingerprint density at radius 2 is 1.79 bits per heavy atom. The molecule has 0 amide bonds. The number of aromatic nitrogens is 1. The van der Waals surface area contributed by atoms with Gasteiger partial charge in [-0.25, -0.2) is 0 Å². The van der Waals surface area contributed by atoms with Crippen LogP contribution in [0.15, 0.2) is 36.4 Å². The molecule has 1 aliphatic heterocycles. The van der Waals surface area contributed by atoms with Crippen molar-refractivity contribution in [2.45, 2.75) is 25.9 Å². The average molecular weight is 460 g/mol. The van der Waals surface area contributed by atoms with Gasteiger partial charge in [0.25, 0.3) is 0 Å². The van der Waals surface area contributed by atoms with Crippen LogP contribution in [0.3, 0.4) is 0 Å². The first kappa shape index (κ1) is 21.3. The largest absolute Gasteiger partial charge is 0.465 e. The topological polar surface area (TPSA) is 54.1 Å². The van der Waals surface area contributed by atoms with Crippen molar-refractivity contribution in [2.24, 2.45) is 0 Å². The van der Waals surface area contributed by atoms with E-state index in [1.54, 1.807) is 25.1 Å².